The number of nitrogens with one attached hydrogen (secondary N) is 1. The predicted molar refractivity (Wildman–Crippen MR) is 168 cm³/mol. The van der Waals surface area contributed by atoms with Crippen LogP contribution in [0.3, 0.4) is 0 Å². The molecule has 7 aromatic rings. The van der Waals surface area contributed by atoms with Gasteiger partial charge in [-0.2, -0.15) is 0 Å². The monoisotopic (exact) mass is 515 g/mol. The van der Waals surface area contributed by atoms with E-state index < -0.39 is 0 Å². The molecule has 6 aromatic carbocycles. The number of benzene rings is 6. The van der Waals surface area contributed by atoms with Crippen LogP contribution >= 0.6 is 11.3 Å². The molecule has 0 amide bonds. The highest BCUT2D eigenvalue weighted by Gasteiger charge is 2.27. The number of thiophene rings is 1. The minimum Gasteiger partial charge on any atom is -0.354 e. The zero-order valence-electron chi connectivity index (χ0n) is 21.3. The van der Waals surface area contributed by atoms with E-state index in [-0.39, 0.29) is 0 Å². The summed E-state index contributed by atoms with van der Waals surface area (Å²) in [4.78, 5) is 0. The van der Waals surface area contributed by atoms with E-state index in [1.807, 2.05) is 11.3 Å². The smallest absolute Gasteiger partial charge is 0.0512 e. The fourth-order valence-electron chi connectivity index (χ4n) is 6.18. The Bertz CT molecular complexity index is 2000. The maximum atomic E-state index is 4.04. The van der Waals surface area contributed by atoms with Crippen LogP contribution in [0.2, 0.25) is 0 Å². The third kappa shape index (κ3) is 3.60. The largest absolute Gasteiger partial charge is 0.354 e. The van der Waals surface area contributed by atoms with Gasteiger partial charge in [0.1, 0.15) is 0 Å². The number of rotatable bonds is 4. The minimum absolute atomic E-state index is 0.920. The second-order valence-electron chi connectivity index (χ2n) is 10.2. The van der Waals surface area contributed by atoms with Gasteiger partial charge in [0.25, 0.3) is 0 Å². The number of fused-ring (bicyclic) bond motifs is 6. The van der Waals surface area contributed by atoms with Crippen LogP contribution in [-0.4, -0.2) is 0 Å². The Kier molecular flexibility index (Phi) is 5.14. The molecule has 1 aliphatic rings. The Hall–Kier alpha value is -4.66. The molecule has 184 valence electrons. The van der Waals surface area contributed by atoms with Gasteiger partial charge in [-0.15, -0.1) is 11.3 Å². The van der Waals surface area contributed by atoms with Crippen LogP contribution in [-0.2, 0) is 6.42 Å². The number of anilines is 2. The van der Waals surface area contributed by atoms with E-state index in [0.29, 0.717) is 0 Å². The van der Waals surface area contributed by atoms with Gasteiger partial charge in [0, 0.05) is 37.8 Å². The topological polar surface area (TPSA) is 12.0 Å². The normalized spacial score (nSPS) is 12.0. The second kappa shape index (κ2) is 8.97. The van der Waals surface area contributed by atoms with Crippen molar-refractivity contribution in [3.05, 3.63) is 145 Å². The van der Waals surface area contributed by atoms with Crippen LogP contribution in [0.5, 0.6) is 0 Å². The summed E-state index contributed by atoms with van der Waals surface area (Å²) < 4.78 is 2.63. The molecule has 0 fully saturated rings. The van der Waals surface area contributed by atoms with Crippen LogP contribution in [0.25, 0.3) is 53.6 Å². The highest BCUT2D eigenvalue weighted by molar-refractivity contribution is 7.25. The molecule has 1 nitrogen and oxygen atoms in total. The number of hydrogen-bond acceptors (Lipinski definition) is 2. The molecule has 0 saturated carbocycles. The minimum atomic E-state index is 0.920. The van der Waals surface area contributed by atoms with Crippen molar-refractivity contribution in [2.75, 3.05) is 5.32 Å². The van der Waals surface area contributed by atoms with E-state index in [1.54, 1.807) is 0 Å². The first-order valence-electron chi connectivity index (χ1n) is 13.4. The van der Waals surface area contributed by atoms with E-state index in [1.165, 1.54) is 70.4 Å². The molecule has 1 aromatic heterocycles. The summed E-state index contributed by atoms with van der Waals surface area (Å²) in [6.07, 6.45) is 0.920. The van der Waals surface area contributed by atoms with Gasteiger partial charge < -0.3 is 5.32 Å². The summed E-state index contributed by atoms with van der Waals surface area (Å²) in [5, 5.41) is 6.65. The van der Waals surface area contributed by atoms with Crippen molar-refractivity contribution in [3.8, 4) is 33.4 Å². The standard InChI is InChI=1S/C37H25NS/c1-3-12-24(13-4-1)29-23-30-27-17-8-7-16-26(27)22-31(30)37(35(29)25-14-5-2-6-15-25)38-32-19-11-21-34-36(32)28-18-9-10-20-33(28)39-34/h1-21,23,38H,22H2. The Balaban J connectivity index is 1.46. The van der Waals surface area contributed by atoms with Crippen molar-refractivity contribution in [2.24, 2.45) is 0 Å². The second-order valence-corrected chi connectivity index (χ2v) is 11.3. The molecule has 0 aliphatic heterocycles. The van der Waals surface area contributed by atoms with Crippen molar-refractivity contribution in [1.29, 1.82) is 0 Å². The van der Waals surface area contributed by atoms with Crippen LogP contribution < -0.4 is 5.32 Å². The van der Waals surface area contributed by atoms with Crippen LogP contribution in [0.1, 0.15) is 11.1 Å². The summed E-state index contributed by atoms with van der Waals surface area (Å²) in [6, 6.07) is 48.4. The lowest BCUT2D eigenvalue weighted by molar-refractivity contribution is 1.26. The molecule has 1 N–H and O–H groups in total. The van der Waals surface area contributed by atoms with Crippen molar-refractivity contribution < 1.29 is 0 Å². The van der Waals surface area contributed by atoms with Crippen LogP contribution in [0.4, 0.5) is 11.4 Å². The molecule has 39 heavy (non-hydrogen) atoms. The van der Waals surface area contributed by atoms with E-state index in [9.17, 15) is 0 Å². The van der Waals surface area contributed by atoms with Crippen LogP contribution in [0.15, 0.2) is 133 Å². The van der Waals surface area contributed by atoms with Crippen molar-refractivity contribution in [3.63, 3.8) is 0 Å². The Morgan fingerprint density at radius 3 is 2.08 bits per heavy atom. The van der Waals surface area contributed by atoms with Gasteiger partial charge in [-0.25, -0.2) is 0 Å². The van der Waals surface area contributed by atoms with Crippen molar-refractivity contribution >= 4 is 42.9 Å². The summed E-state index contributed by atoms with van der Waals surface area (Å²) in [7, 11) is 0. The summed E-state index contributed by atoms with van der Waals surface area (Å²) in [5.41, 5.74) is 12.7. The molecule has 0 radical (unpaired) electrons. The van der Waals surface area contributed by atoms with Crippen LogP contribution in [0, 0.1) is 0 Å². The fourth-order valence-corrected chi connectivity index (χ4v) is 7.31. The lowest BCUT2D eigenvalue weighted by Gasteiger charge is -2.22. The molecule has 0 spiro atoms. The van der Waals surface area contributed by atoms with E-state index >= 15 is 0 Å². The SMILES string of the molecule is c1ccc(-c2cc3c(c(Nc4cccc5sc6ccccc6c45)c2-c2ccccc2)Cc2ccccc2-3)cc1. The predicted octanol–water partition coefficient (Wildman–Crippen LogP) is 10.7. The van der Waals surface area contributed by atoms with Gasteiger partial charge in [-0.3, -0.25) is 0 Å². The van der Waals surface area contributed by atoms with E-state index in [0.717, 1.165) is 12.1 Å². The number of hydrogen-bond donors (Lipinski definition) is 1. The molecule has 0 atom stereocenters. The van der Waals surface area contributed by atoms with E-state index in [2.05, 4.69) is 139 Å². The first-order chi connectivity index (χ1) is 19.3. The molecule has 0 unspecified atom stereocenters. The quantitative estimate of drug-likeness (QED) is 0.246. The lowest BCUT2D eigenvalue weighted by atomic mass is 9.87. The molecule has 0 bridgehead atoms. The highest BCUT2D eigenvalue weighted by Crippen LogP contribution is 2.51. The molecule has 1 aliphatic carbocycles. The van der Waals surface area contributed by atoms with Gasteiger partial charge in [0.05, 0.1) is 5.69 Å². The molecule has 1 heterocycles. The van der Waals surface area contributed by atoms with E-state index in [4.69, 9.17) is 0 Å². The Morgan fingerprint density at radius 2 is 1.23 bits per heavy atom. The fraction of sp³-hybridized carbons (Fsp3) is 0.0270. The van der Waals surface area contributed by atoms with Gasteiger partial charge in [-0.1, -0.05) is 109 Å². The molecule has 8 rings (SSSR count). The first-order valence-corrected chi connectivity index (χ1v) is 14.2. The van der Waals surface area contributed by atoms with Crippen molar-refractivity contribution in [1.82, 2.24) is 0 Å². The van der Waals surface area contributed by atoms with Gasteiger partial charge in [0.2, 0.25) is 0 Å². The highest BCUT2D eigenvalue weighted by atomic mass is 32.1. The summed E-state index contributed by atoms with van der Waals surface area (Å²) >= 11 is 1.86. The molecule has 2 heteroatoms. The third-order valence-electron chi connectivity index (χ3n) is 7.92. The molecule has 0 saturated heterocycles. The average Bonchev–Trinajstić information content (AvgIpc) is 3.57. The molecular formula is C37H25NS. The summed E-state index contributed by atoms with van der Waals surface area (Å²) in [5.74, 6) is 0. The summed E-state index contributed by atoms with van der Waals surface area (Å²) in [6.45, 7) is 0. The maximum Gasteiger partial charge on any atom is 0.0512 e. The van der Waals surface area contributed by atoms with Gasteiger partial charge in [-0.05, 0) is 63.2 Å². The third-order valence-corrected chi connectivity index (χ3v) is 9.06. The Labute approximate surface area is 232 Å². The van der Waals surface area contributed by atoms with Gasteiger partial charge >= 0.3 is 0 Å². The zero-order chi connectivity index (χ0) is 25.8. The van der Waals surface area contributed by atoms with Gasteiger partial charge in [0.15, 0.2) is 0 Å². The maximum absolute atomic E-state index is 4.04. The average molecular weight is 516 g/mol. The first kappa shape index (κ1) is 22.3. The lowest BCUT2D eigenvalue weighted by Crippen LogP contribution is -2.01. The zero-order valence-corrected chi connectivity index (χ0v) is 22.1. The molecular weight excluding hydrogens is 490 g/mol. The van der Waals surface area contributed by atoms with Crippen molar-refractivity contribution in [2.45, 2.75) is 6.42 Å². The Morgan fingerprint density at radius 1 is 0.538 bits per heavy atom.